The minimum absolute atomic E-state index is 0.259. The van der Waals surface area contributed by atoms with E-state index in [4.69, 9.17) is 16.3 Å². The number of amides is 1. The lowest BCUT2D eigenvalue weighted by molar-refractivity contribution is 0.102. The summed E-state index contributed by atoms with van der Waals surface area (Å²) in [6, 6.07) is 7.94. The van der Waals surface area contributed by atoms with Crippen LogP contribution in [0.5, 0.6) is 5.75 Å². The van der Waals surface area contributed by atoms with Crippen LogP contribution < -0.4 is 10.1 Å². The fourth-order valence-electron chi connectivity index (χ4n) is 2.13. The highest BCUT2D eigenvalue weighted by molar-refractivity contribution is 7.14. The molecule has 2 aromatic carbocycles. The molecule has 25 heavy (non-hydrogen) atoms. The van der Waals surface area contributed by atoms with Crippen LogP contribution >= 0.6 is 22.9 Å². The van der Waals surface area contributed by atoms with Crippen molar-refractivity contribution < 1.29 is 18.3 Å². The molecule has 0 bridgehead atoms. The minimum Gasteiger partial charge on any atom is -0.495 e. The number of anilines is 1. The first-order valence-corrected chi connectivity index (χ1v) is 8.29. The lowest BCUT2D eigenvalue weighted by atomic mass is 10.2. The summed E-state index contributed by atoms with van der Waals surface area (Å²) in [6.45, 7) is 0. The van der Waals surface area contributed by atoms with Crippen LogP contribution in [-0.2, 0) is 0 Å². The first-order chi connectivity index (χ1) is 12.0. The molecule has 1 N–H and O–H groups in total. The van der Waals surface area contributed by atoms with Crippen LogP contribution in [0.15, 0.2) is 41.8 Å². The molecule has 4 nitrogen and oxygen atoms in total. The summed E-state index contributed by atoms with van der Waals surface area (Å²) in [7, 11) is 1.52. The van der Waals surface area contributed by atoms with Gasteiger partial charge in [0.05, 0.1) is 23.4 Å². The van der Waals surface area contributed by atoms with E-state index in [0.29, 0.717) is 22.5 Å². The maximum absolute atomic E-state index is 13.6. The summed E-state index contributed by atoms with van der Waals surface area (Å²) in [5.74, 6) is -1.84. The van der Waals surface area contributed by atoms with E-state index in [1.807, 2.05) is 0 Å². The van der Waals surface area contributed by atoms with E-state index in [1.54, 1.807) is 23.6 Å². The molecule has 3 rings (SSSR count). The maximum atomic E-state index is 13.6. The van der Waals surface area contributed by atoms with E-state index in [0.717, 1.165) is 17.7 Å². The van der Waals surface area contributed by atoms with Crippen LogP contribution in [0.3, 0.4) is 0 Å². The third-order valence-corrected chi connectivity index (χ3v) is 4.40. The Morgan fingerprint density at radius 1 is 1.24 bits per heavy atom. The number of nitrogens with zero attached hydrogens (tertiary/aromatic N) is 1. The number of hydrogen-bond donors (Lipinski definition) is 1. The molecular weight excluding hydrogens is 370 g/mol. The van der Waals surface area contributed by atoms with E-state index >= 15 is 0 Å². The topological polar surface area (TPSA) is 51.2 Å². The Morgan fingerprint density at radius 2 is 2.04 bits per heavy atom. The van der Waals surface area contributed by atoms with E-state index < -0.39 is 17.5 Å². The molecule has 1 aromatic heterocycles. The van der Waals surface area contributed by atoms with Crippen molar-refractivity contribution in [3.05, 3.63) is 64.0 Å². The van der Waals surface area contributed by atoms with Crippen LogP contribution in [0.2, 0.25) is 5.02 Å². The first kappa shape index (κ1) is 17.3. The second-order valence-corrected chi connectivity index (χ2v) is 6.23. The van der Waals surface area contributed by atoms with Gasteiger partial charge in [0, 0.05) is 17.0 Å². The van der Waals surface area contributed by atoms with Gasteiger partial charge in [-0.25, -0.2) is 13.8 Å². The highest BCUT2D eigenvalue weighted by Crippen LogP contribution is 2.31. The molecule has 128 valence electrons. The lowest BCUT2D eigenvalue weighted by Crippen LogP contribution is -2.13. The average molecular weight is 381 g/mol. The van der Waals surface area contributed by atoms with Crippen molar-refractivity contribution in [1.82, 2.24) is 4.98 Å². The second kappa shape index (κ2) is 7.16. The van der Waals surface area contributed by atoms with Crippen molar-refractivity contribution in [1.29, 1.82) is 0 Å². The molecule has 0 saturated carbocycles. The van der Waals surface area contributed by atoms with Gasteiger partial charge in [-0.3, -0.25) is 10.1 Å². The first-order valence-electron chi connectivity index (χ1n) is 7.04. The molecule has 0 fully saturated rings. The van der Waals surface area contributed by atoms with Gasteiger partial charge in [-0.05, 0) is 30.3 Å². The molecule has 0 aliphatic heterocycles. The highest BCUT2D eigenvalue weighted by Gasteiger charge is 2.15. The molecule has 0 radical (unpaired) electrons. The van der Waals surface area contributed by atoms with Crippen molar-refractivity contribution in [3.8, 4) is 17.0 Å². The number of ether oxygens (including phenoxy) is 1. The van der Waals surface area contributed by atoms with Crippen LogP contribution in [0.4, 0.5) is 13.9 Å². The van der Waals surface area contributed by atoms with E-state index in [1.165, 1.54) is 18.4 Å². The number of hydrogen-bond acceptors (Lipinski definition) is 4. The fraction of sp³-hybridized carbons (Fsp3) is 0.0588. The van der Waals surface area contributed by atoms with E-state index in [2.05, 4.69) is 10.3 Å². The molecule has 1 amide bonds. The number of methoxy groups -OCH3 is 1. The molecule has 0 aliphatic rings. The minimum atomic E-state index is -0.934. The summed E-state index contributed by atoms with van der Waals surface area (Å²) in [5, 5.41) is 4.95. The molecular formula is C17H11ClF2N2O2S. The highest BCUT2D eigenvalue weighted by atomic mass is 35.5. The van der Waals surface area contributed by atoms with Gasteiger partial charge in [0.1, 0.15) is 17.4 Å². The normalized spacial score (nSPS) is 10.6. The quantitative estimate of drug-likeness (QED) is 0.692. The Hall–Kier alpha value is -2.51. The predicted molar refractivity (Wildman–Crippen MR) is 93.4 cm³/mol. The largest absolute Gasteiger partial charge is 0.495 e. The van der Waals surface area contributed by atoms with Gasteiger partial charge in [-0.2, -0.15) is 0 Å². The summed E-state index contributed by atoms with van der Waals surface area (Å²) in [4.78, 5) is 16.4. The Labute approximate surface area is 151 Å². The van der Waals surface area contributed by atoms with Crippen molar-refractivity contribution >= 4 is 34.0 Å². The number of benzene rings is 2. The van der Waals surface area contributed by atoms with Gasteiger partial charge >= 0.3 is 0 Å². The van der Waals surface area contributed by atoms with Gasteiger partial charge in [0.15, 0.2) is 5.13 Å². The summed E-state index contributed by atoms with van der Waals surface area (Å²) in [5.41, 5.74) is 1.09. The van der Waals surface area contributed by atoms with Crippen LogP contribution in [-0.4, -0.2) is 18.0 Å². The molecule has 3 aromatic rings. The Morgan fingerprint density at radius 3 is 2.72 bits per heavy atom. The van der Waals surface area contributed by atoms with Crippen molar-refractivity contribution in [2.45, 2.75) is 0 Å². The lowest BCUT2D eigenvalue weighted by Gasteiger charge is -2.04. The van der Waals surface area contributed by atoms with Crippen LogP contribution in [0.1, 0.15) is 10.4 Å². The number of carbonyl (C=O) groups excluding carboxylic acids is 1. The number of thiazole rings is 1. The number of carbonyl (C=O) groups is 1. The number of rotatable bonds is 4. The Kier molecular flexibility index (Phi) is 4.96. The van der Waals surface area contributed by atoms with E-state index in [9.17, 15) is 13.6 Å². The maximum Gasteiger partial charge on any atom is 0.260 e. The fourth-order valence-corrected chi connectivity index (χ4v) is 3.10. The number of halogens is 3. The smallest absolute Gasteiger partial charge is 0.260 e. The van der Waals surface area contributed by atoms with Crippen molar-refractivity contribution in [2.24, 2.45) is 0 Å². The zero-order valence-corrected chi connectivity index (χ0v) is 14.4. The molecule has 8 heteroatoms. The molecule has 0 atom stereocenters. The summed E-state index contributed by atoms with van der Waals surface area (Å²) >= 11 is 7.27. The molecule has 0 aliphatic carbocycles. The third kappa shape index (κ3) is 3.78. The molecule has 0 spiro atoms. The zero-order valence-electron chi connectivity index (χ0n) is 12.8. The van der Waals surface area contributed by atoms with Gasteiger partial charge in [0.25, 0.3) is 5.91 Å². The van der Waals surface area contributed by atoms with Crippen LogP contribution in [0, 0.1) is 11.6 Å². The standard InChI is InChI=1S/C17H11ClF2N2O2S/c1-24-15-5-2-9(6-12(15)18)14-8-25-17(21-14)22-16(23)11-4-3-10(19)7-13(11)20/h2-8H,1H3,(H,21,22,23). The van der Waals surface area contributed by atoms with Crippen molar-refractivity contribution in [3.63, 3.8) is 0 Å². The number of nitrogens with one attached hydrogen (secondary N) is 1. The molecule has 1 heterocycles. The third-order valence-electron chi connectivity index (χ3n) is 3.35. The van der Waals surface area contributed by atoms with Gasteiger partial charge in [0.2, 0.25) is 0 Å². The molecule has 0 saturated heterocycles. The molecule has 0 unspecified atom stereocenters. The summed E-state index contributed by atoms with van der Waals surface area (Å²) in [6.07, 6.45) is 0. The van der Waals surface area contributed by atoms with Gasteiger partial charge in [-0.1, -0.05) is 11.6 Å². The van der Waals surface area contributed by atoms with Gasteiger partial charge in [-0.15, -0.1) is 11.3 Å². The van der Waals surface area contributed by atoms with Gasteiger partial charge < -0.3 is 4.74 Å². The predicted octanol–water partition coefficient (Wildman–Crippen LogP) is 5.00. The monoisotopic (exact) mass is 380 g/mol. The van der Waals surface area contributed by atoms with Crippen LogP contribution in [0.25, 0.3) is 11.3 Å². The van der Waals surface area contributed by atoms with E-state index in [-0.39, 0.29) is 10.7 Å². The number of aromatic nitrogens is 1. The Balaban J connectivity index is 1.79. The SMILES string of the molecule is COc1ccc(-c2csc(NC(=O)c3ccc(F)cc3F)n2)cc1Cl. The zero-order chi connectivity index (χ0) is 18.0. The second-order valence-electron chi connectivity index (χ2n) is 4.97. The van der Waals surface area contributed by atoms with Crippen molar-refractivity contribution in [2.75, 3.05) is 12.4 Å². The Bertz CT molecular complexity index is 946. The average Bonchev–Trinajstić information content (AvgIpc) is 3.03. The summed E-state index contributed by atoms with van der Waals surface area (Å²) < 4.78 is 31.7.